The van der Waals surface area contributed by atoms with Gasteiger partial charge in [0.1, 0.15) is 0 Å². The van der Waals surface area contributed by atoms with Crippen LogP contribution in [0, 0.1) is 0 Å². The third-order valence-electron chi connectivity index (χ3n) is 6.10. The SMILES string of the molecule is O=C(OCC(=O)N1CCN(C(=O)c2ccco2)CC1)c1c2c(nc3ccccc13)CCC2. The molecule has 0 atom stereocenters. The predicted molar refractivity (Wildman–Crippen MR) is 115 cm³/mol. The number of rotatable bonds is 4. The zero-order valence-electron chi connectivity index (χ0n) is 17.6. The van der Waals surface area contributed by atoms with Gasteiger partial charge < -0.3 is 19.0 Å². The zero-order chi connectivity index (χ0) is 22.1. The van der Waals surface area contributed by atoms with Crippen LogP contribution in [0.5, 0.6) is 0 Å². The van der Waals surface area contributed by atoms with Crippen molar-refractivity contribution < 1.29 is 23.5 Å². The number of amides is 2. The lowest BCUT2D eigenvalue weighted by Gasteiger charge is -2.34. The van der Waals surface area contributed by atoms with Gasteiger partial charge in [0.15, 0.2) is 12.4 Å². The molecule has 0 spiro atoms. The fourth-order valence-corrected chi connectivity index (χ4v) is 4.45. The molecule has 2 amide bonds. The number of ether oxygens (including phenoxy) is 1. The van der Waals surface area contributed by atoms with Crippen molar-refractivity contribution in [2.45, 2.75) is 19.3 Å². The molecule has 1 aliphatic heterocycles. The first-order valence-corrected chi connectivity index (χ1v) is 10.8. The number of aromatic nitrogens is 1. The number of para-hydroxylation sites is 1. The van der Waals surface area contributed by atoms with Gasteiger partial charge in [0, 0.05) is 37.3 Å². The van der Waals surface area contributed by atoms with Crippen LogP contribution in [0.2, 0.25) is 0 Å². The molecule has 0 radical (unpaired) electrons. The highest BCUT2D eigenvalue weighted by molar-refractivity contribution is 6.05. The second kappa shape index (κ2) is 8.45. The number of carbonyl (C=O) groups is 3. The van der Waals surface area contributed by atoms with Crippen LogP contribution in [0.4, 0.5) is 0 Å². The normalized spacial score (nSPS) is 15.6. The minimum atomic E-state index is -0.485. The molecule has 8 heteroatoms. The van der Waals surface area contributed by atoms with E-state index in [-0.39, 0.29) is 24.2 Å². The first kappa shape index (κ1) is 20.2. The Kier molecular flexibility index (Phi) is 5.34. The van der Waals surface area contributed by atoms with Crippen LogP contribution in [-0.4, -0.2) is 65.4 Å². The number of piperazine rings is 1. The number of pyridine rings is 1. The number of hydrogen-bond donors (Lipinski definition) is 0. The fraction of sp³-hybridized carbons (Fsp3) is 0.333. The van der Waals surface area contributed by atoms with E-state index < -0.39 is 5.97 Å². The third kappa shape index (κ3) is 3.72. The number of carbonyl (C=O) groups excluding carboxylic acids is 3. The summed E-state index contributed by atoms with van der Waals surface area (Å²) < 4.78 is 10.6. The maximum absolute atomic E-state index is 13.0. The molecule has 1 saturated heterocycles. The second-order valence-electron chi connectivity index (χ2n) is 8.01. The summed E-state index contributed by atoms with van der Waals surface area (Å²) in [6.07, 6.45) is 4.05. The average Bonchev–Trinajstić information content (AvgIpc) is 3.52. The van der Waals surface area contributed by atoms with Gasteiger partial charge >= 0.3 is 5.97 Å². The molecule has 32 heavy (non-hydrogen) atoms. The van der Waals surface area contributed by atoms with Gasteiger partial charge in [0.05, 0.1) is 17.3 Å². The summed E-state index contributed by atoms with van der Waals surface area (Å²) in [5.41, 5.74) is 3.18. The third-order valence-corrected chi connectivity index (χ3v) is 6.10. The van der Waals surface area contributed by atoms with Gasteiger partial charge in [-0.2, -0.15) is 0 Å². The maximum Gasteiger partial charge on any atom is 0.339 e. The van der Waals surface area contributed by atoms with Crippen molar-refractivity contribution in [1.29, 1.82) is 0 Å². The number of fused-ring (bicyclic) bond motifs is 2. The summed E-state index contributed by atoms with van der Waals surface area (Å²) in [6, 6.07) is 10.8. The van der Waals surface area contributed by atoms with Gasteiger partial charge in [-0.15, -0.1) is 0 Å². The molecule has 2 aliphatic rings. The van der Waals surface area contributed by atoms with Crippen molar-refractivity contribution in [2.24, 2.45) is 0 Å². The van der Waals surface area contributed by atoms with E-state index in [1.165, 1.54) is 6.26 Å². The number of nitrogens with zero attached hydrogens (tertiary/aromatic N) is 3. The Morgan fingerprint density at radius 2 is 1.75 bits per heavy atom. The summed E-state index contributed by atoms with van der Waals surface area (Å²) in [4.78, 5) is 46.0. The molecule has 0 unspecified atom stereocenters. The quantitative estimate of drug-likeness (QED) is 0.587. The van der Waals surface area contributed by atoms with Gasteiger partial charge in [-0.3, -0.25) is 14.6 Å². The van der Waals surface area contributed by atoms with Crippen molar-refractivity contribution in [1.82, 2.24) is 14.8 Å². The van der Waals surface area contributed by atoms with Crippen LogP contribution in [-0.2, 0) is 22.4 Å². The first-order valence-electron chi connectivity index (χ1n) is 10.8. The molecule has 164 valence electrons. The van der Waals surface area contributed by atoms with Crippen molar-refractivity contribution in [3.8, 4) is 0 Å². The van der Waals surface area contributed by atoms with E-state index in [4.69, 9.17) is 9.15 Å². The van der Waals surface area contributed by atoms with Crippen molar-refractivity contribution in [3.63, 3.8) is 0 Å². The van der Waals surface area contributed by atoms with Crippen LogP contribution in [0.1, 0.15) is 38.6 Å². The largest absolute Gasteiger partial charge is 0.459 e. The summed E-state index contributed by atoms with van der Waals surface area (Å²) in [7, 11) is 0. The lowest BCUT2D eigenvalue weighted by atomic mass is 10.0. The van der Waals surface area contributed by atoms with E-state index in [9.17, 15) is 14.4 Å². The topological polar surface area (TPSA) is 93.0 Å². The van der Waals surface area contributed by atoms with E-state index in [1.807, 2.05) is 24.3 Å². The van der Waals surface area contributed by atoms with Crippen molar-refractivity contribution >= 4 is 28.7 Å². The second-order valence-corrected chi connectivity index (χ2v) is 8.01. The molecule has 0 N–H and O–H groups in total. The van der Waals surface area contributed by atoms with Crippen LogP contribution in [0.25, 0.3) is 10.9 Å². The highest BCUT2D eigenvalue weighted by atomic mass is 16.5. The van der Waals surface area contributed by atoms with Crippen LogP contribution < -0.4 is 0 Å². The zero-order valence-corrected chi connectivity index (χ0v) is 17.6. The summed E-state index contributed by atoms with van der Waals surface area (Å²) in [5, 5.41) is 0.760. The fourth-order valence-electron chi connectivity index (χ4n) is 4.45. The first-order chi connectivity index (χ1) is 15.6. The molecule has 8 nitrogen and oxygen atoms in total. The summed E-state index contributed by atoms with van der Waals surface area (Å²) in [6.45, 7) is 1.26. The minimum absolute atomic E-state index is 0.188. The van der Waals surface area contributed by atoms with Gasteiger partial charge in [-0.25, -0.2) is 4.79 Å². The van der Waals surface area contributed by atoms with E-state index in [0.717, 1.165) is 41.4 Å². The van der Waals surface area contributed by atoms with Crippen LogP contribution in [0.15, 0.2) is 47.1 Å². The summed E-state index contributed by atoms with van der Waals surface area (Å²) in [5.74, 6) is -0.650. The molecule has 5 rings (SSSR count). The standard InChI is InChI=1S/C24H23N3O5/c28-21(26-10-12-27(13-11-26)23(29)20-9-4-14-31-20)15-32-24(30)22-16-5-1-2-7-18(16)25-19-8-3-6-17(19)22/h1-2,4-5,7,9,14H,3,6,8,10-13,15H2. The van der Waals surface area contributed by atoms with E-state index >= 15 is 0 Å². The number of aryl methyl sites for hydroxylation is 1. The summed E-state index contributed by atoms with van der Waals surface area (Å²) >= 11 is 0. The Balaban J connectivity index is 1.22. The number of furan rings is 1. The maximum atomic E-state index is 13.0. The van der Waals surface area contributed by atoms with Crippen LogP contribution in [0.3, 0.4) is 0 Å². The minimum Gasteiger partial charge on any atom is -0.459 e. The molecule has 1 aliphatic carbocycles. The lowest BCUT2D eigenvalue weighted by Crippen LogP contribution is -2.51. The lowest BCUT2D eigenvalue weighted by molar-refractivity contribution is -0.136. The number of hydrogen-bond acceptors (Lipinski definition) is 6. The molecular formula is C24H23N3O5. The Morgan fingerprint density at radius 1 is 0.969 bits per heavy atom. The monoisotopic (exact) mass is 433 g/mol. The molecule has 0 bridgehead atoms. The molecule has 2 aromatic heterocycles. The highest BCUT2D eigenvalue weighted by Crippen LogP contribution is 2.30. The van der Waals surface area contributed by atoms with Gasteiger partial charge in [0.25, 0.3) is 11.8 Å². The molecule has 3 heterocycles. The molecule has 3 aromatic rings. The Morgan fingerprint density at radius 3 is 2.53 bits per heavy atom. The number of benzene rings is 1. The van der Waals surface area contributed by atoms with E-state index in [1.54, 1.807) is 21.9 Å². The number of esters is 1. The molecule has 1 fully saturated rings. The Labute approximate surface area is 184 Å². The molecule has 0 saturated carbocycles. The van der Waals surface area contributed by atoms with E-state index in [2.05, 4.69) is 4.98 Å². The Bertz CT molecular complexity index is 1180. The average molecular weight is 433 g/mol. The van der Waals surface area contributed by atoms with E-state index in [0.29, 0.717) is 31.7 Å². The van der Waals surface area contributed by atoms with Gasteiger partial charge in [0.2, 0.25) is 0 Å². The van der Waals surface area contributed by atoms with Crippen molar-refractivity contribution in [2.75, 3.05) is 32.8 Å². The molecular weight excluding hydrogens is 410 g/mol. The van der Waals surface area contributed by atoms with Gasteiger partial charge in [-0.05, 0) is 43.0 Å². The predicted octanol–water partition coefficient (Wildman–Crippen LogP) is 2.46. The highest BCUT2D eigenvalue weighted by Gasteiger charge is 2.28. The van der Waals surface area contributed by atoms with Crippen LogP contribution >= 0.6 is 0 Å². The Hall–Kier alpha value is -3.68. The molecule has 1 aromatic carbocycles. The van der Waals surface area contributed by atoms with Gasteiger partial charge in [-0.1, -0.05) is 18.2 Å². The van der Waals surface area contributed by atoms with Crippen molar-refractivity contribution in [3.05, 3.63) is 65.2 Å². The smallest absolute Gasteiger partial charge is 0.339 e.